The first kappa shape index (κ1) is 19.4. The van der Waals surface area contributed by atoms with E-state index in [-0.39, 0.29) is 12.5 Å². The number of carboxylic acids is 1. The number of ether oxygens (including phenoxy) is 1. The van der Waals surface area contributed by atoms with Gasteiger partial charge in [-0.05, 0) is 37.8 Å². The predicted octanol–water partition coefficient (Wildman–Crippen LogP) is 1.90. The van der Waals surface area contributed by atoms with Crippen LogP contribution in [-0.4, -0.2) is 55.2 Å². The lowest BCUT2D eigenvalue weighted by atomic mass is 9.76. The summed E-state index contributed by atoms with van der Waals surface area (Å²) < 4.78 is 5.05. The van der Waals surface area contributed by atoms with Crippen molar-refractivity contribution >= 4 is 11.9 Å². The Morgan fingerprint density at radius 2 is 2.08 bits per heavy atom. The number of hydrogen-bond donors (Lipinski definition) is 2. The van der Waals surface area contributed by atoms with Crippen LogP contribution in [0.2, 0.25) is 0 Å². The molecule has 2 rings (SSSR count). The van der Waals surface area contributed by atoms with Gasteiger partial charge < -0.3 is 15.2 Å². The molecule has 1 aliphatic rings. The van der Waals surface area contributed by atoms with Gasteiger partial charge in [-0.1, -0.05) is 30.3 Å². The Kier molecular flexibility index (Phi) is 7.40. The van der Waals surface area contributed by atoms with Crippen LogP contribution in [0.15, 0.2) is 30.3 Å². The Bertz CT molecular complexity index is 564. The van der Waals surface area contributed by atoms with Crippen LogP contribution in [-0.2, 0) is 20.9 Å². The summed E-state index contributed by atoms with van der Waals surface area (Å²) in [5.74, 6) is -0.833. The molecule has 0 radical (unpaired) electrons. The number of benzene rings is 1. The molecule has 1 amide bonds. The van der Waals surface area contributed by atoms with Gasteiger partial charge in [0.05, 0.1) is 12.0 Å². The number of nitrogens with zero attached hydrogens (tertiary/aromatic N) is 1. The van der Waals surface area contributed by atoms with E-state index in [2.05, 4.69) is 5.32 Å². The van der Waals surface area contributed by atoms with Crippen LogP contribution >= 0.6 is 0 Å². The van der Waals surface area contributed by atoms with Gasteiger partial charge in [0.15, 0.2) is 0 Å². The molecule has 2 N–H and O–H groups in total. The van der Waals surface area contributed by atoms with Gasteiger partial charge in [0, 0.05) is 26.8 Å². The van der Waals surface area contributed by atoms with Crippen molar-refractivity contribution < 1.29 is 19.4 Å². The van der Waals surface area contributed by atoms with Crippen LogP contribution in [0.3, 0.4) is 0 Å². The number of carbonyl (C=O) groups is 2. The molecule has 1 aromatic rings. The maximum Gasteiger partial charge on any atom is 0.310 e. The highest BCUT2D eigenvalue weighted by atomic mass is 16.5. The highest BCUT2D eigenvalue weighted by molar-refractivity contribution is 5.78. The third-order valence-electron chi connectivity index (χ3n) is 4.81. The lowest BCUT2D eigenvalue weighted by molar-refractivity contribution is -0.154. The summed E-state index contributed by atoms with van der Waals surface area (Å²) in [5, 5.41) is 12.6. The molecule has 1 atom stereocenters. The van der Waals surface area contributed by atoms with E-state index >= 15 is 0 Å². The van der Waals surface area contributed by atoms with Gasteiger partial charge >= 0.3 is 5.97 Å². The molecule has 0 bridgehead atoms. The maximum absolute atomic E-state index is 12.2. The molecule has 1 aliphatic heterocycles. The van der Waals surface area contributed by atoms with Crippen molar-refractivity contribution in [3.8, 4) is 0 Å². The Labute approximate surface area is 149 Å². The molecule has 1 aromatic carbocycles. The van der Waals surface area contributed by atoms with E-state index in [1.807, 2.05) is 35.2 Å². The van der Waals surface area contributed by atoms with Crippen molar-refractivity contribution in [3.05, 3.63) is 35.9 Å². The van der Waals surface area contributed by atoms with E-state index in [1.165, 1.54) is 0 Å². The lowest BCUT2D eigenvalue weighted by Gasteiger charge is -2.39. The fourth-order valence-corrected chi connectivity index (χ4v) is 3.46. The highest BCUT2D eigenvalue weighted by Gasteiger charge is 2.42. The van der Waals surface area contributed by atoms with Crippen molar-refractivity contribution in [1.29, 1.82) is 0 Å². The van der Waals surface area contributed by atoms with E-state index in [0.29, 0.717) is 32.5 Å². The molecule has 0 unspecified atom stereocenters. The van der Waals surface area contributed by atoms with Crippen molar-refractivity contribution in [2.45, 2.75) is 32.2 Å². The first-order valence-corrected chi connectivity index (χ1v) is 8.81. The second kappa shape index (κ2) is 9.53. The normalized spacial score (nSPS) is 21.0. The van der Waals surface area contributed by atoms with Gasteiger partial charge in [0.25, 0.3) is 0 Å². The molecule has 138 valence electrons. The summed E-state index contributed by atoms with van der Waals surface area (Å²) >= 11 is 0. The molecule has 1 heterocycles. The van der Waals surface area contributed by atoms with E-state index in [9.17, 15) is 14.7 Å². The van der Waals surface area contributed by atoms with E-state index in [4.69, 9.17) is 4.74 Å². The molecular weight excluding hydrogens is 320 g/mol. The summed E-state index contributed by atoms with van der Waals surface area (Å²) in [5.41, 5.74) is 0.283. The Balaban J connectivity index is 1.86. The van der Waals surface area contributed by atoms with Gasteiger partial charge in [-0.2, -0.15) is 0 Å². The second-order valence-electron chi connectivity index (χ2n) is 6.76. The topological polar surface area (TPSA) is 78.9 Å². The van der Waals surface area contributed by atoms with Gasteiger partial charge in [0.1, 0.15) is 0 Å². The van der Waals surface area contributed by atoms with Gasteiger partial charge in [-0.15, -0.1) is 0 Å². The lowest BCUT2D eigenvalue weighted by Crippen LogP contribution is -2.50. The number of piperidine rings is 1. The third-order valence-corrected chi connectivity index (χ3v) is 4.81. The average molecular weight is 348 g/mol. The summed E-state index contributed by atoms with van der Waals surface area (Å²) in [6.07, 6.45) is 2.76. The maximum atomic E-state index is 12.2. The molecule has 0 spiro atoms. The second-order valence-corrected chi connectivity index (χ2v) is 6.76. The zero-order valence-electron chi connectivity index (χ0n) is 14.9. The molecule has 0 aromatic heterocycles. The third kappa shape index (κ3) is 5.83. The highest BCUT2D eigenvalue weighted by Crippen LogP contribution is 2.35. The van der Waals surface area contributed by atoms with Crippen LogP contribution in [0, 0.1) is 5.41 Å². The van der Waals surface area contributed by atoms with Crippen LogP contribution in [0.25, 0.3) is 0 Å². The minimum Gasteiger partial charge on any atom is -0.481 e. The van der Waals surface area contributed by atoms with Crippen LogP contribution < -0.4 is 5.32 Å². The molecule has 0 saturated carbocycles. The van der Waals surface area contributed by atoms with Crippen molar-refractivity contribution in [1.82, 2.24) is 10.2 Å². The molecule has 1 saturated heterocycles. The zero-order valence-corrected chi connectivity index (χ0v) is 14.9. The number of rotatable bonds is 9. The predicted molar refractivity (Wildman–Crippen MR) is 95.1 cm³/mol. The minimum atomic E-state index is -0.767. The Morgan fingerprint density at radius 3 is 2.76 bits per heavy atom. The fourth-order valence-electron chi connectivity index (χ4n) is 3.46. The molecule has 6 nitrogen and oxygen atoms in total. The van der Waals surface area contributed by atoms with Gasteiger partial charge in [-0.3, -0.25) is 14.5 Å². The molecule has 25 heavy (non-hydrogen) atoms. The minimum absolute atomic E-state index is 0.0677. The van der Waals surface area contributed by atoms with E-state index in [0.717, 1.165) is 24.9 Å². The van der Waals surface area contributed by atoms with Crippen molar-refractivity contribution in [3.63, 3.8) is 0 Å². The molecule has 6 heteroatoms. The molecule has 0 aliphatic carbocycles. The smallest absolute Gasteiger partial charge is 0.310 e. The quantitative estimate of drug-likeness (QED) is 0.667. The van der Waals surface area contributed by atoms with Crippen molar-refractivity contribution in [2.75, 3.05) is 33.4 Å². The van der Waals surface area contributed by atoms with Crippen LogP contribution in [0.5, 0.6) is 0 Å². The van der Waals surface area contributed by atoms with Gasteiger partial charge in [0.2, 0.25) is 5.91 Å². The fraction of sp³-hybridized carbons (Fsp3) is 0.579. The SMILES string of the molecule is COCCC[C@]1(C(=O)O)CCCN(CC(=O)NCc2ccccc2)C1. The average Bonchev–Trinajstić information content (AvgIpc) is 2.61. The number of carbonyl (C=O) groups excluding carboxylic acids is 1. The van der Waals surface area contributed by atoms with Gasteiger partial charge in [-0.25, -0.2) is 0 Å². The zero-order chi connectivity index (χ0) is 18.1. The first-order chi connectivity index (χ1) is 12.1. The molecule has 1 fully saturated rings. The summed E-state index contributed by atoms with van der Waals surface area (Å²) in [7, 11) is 1.62. The summed E-state index contributed by atoms with van der Waals surface area (Å²) in [6.45, 7) is 2.48. The molecular formula is C19H28N2O4. The van der Waals surface area contributed by atoms with E-state index in [1.54, 1.807) is 7.11 Å². The monoisotopic (exact) mass is 348 g/mol. The van der Waals surface area contributed by atoms with E-state index < -0.39 is 11.4 Å². The number of methoxy groups -OCH3 is 1. The Hall–Kier alpha value is -1.92. The van der Waals surface area contributed by atoms with Crippen LogP contribution in [0.4, 0.5) is 0 Å². The largest absolute Gasteiger partial charge is 0.481 e. The number of likely N-dealkylation sites (tertiary alicyclic amines) is 1. The summed E-state index contributed by atoms with van der Waals surface area (Å²) in [4.78, 5) is 26.0. The number of amides is 1. The summed E-state index contributed by atoms with van der Waals surface area (Å²) in [6, 6.07) is 9.74. The van der Waals surface area contributed by atoms with Crippen molar-refractivity contribution in [2.24, 2.45) is 5.41 Å². The first-order valence-electron chi connectivity index (χ1n) is 8.81. The Morgan fingerprint density at radius 1 is 1.32 bits per heavy atom. The number of hydrogen-bond acceptors (Lipinski definition) is 4. The number of aliphatic carboxylic acids is 1. The number of nitrogens with one attached hydrogen (secondary N) is 1. The number of carboxylic acid groups (broad SMARTS) is 1. The van der Waals surface area contributed by atoms with Crippen LogP contribution in [0.1, 0.15) is 31.2 Å². The standard InChI is InChI=1S/C19H28N2O4/c1-25-12-6-10-19(18(23)24)9-5-11-21(15-19)14-17(22)20-13-16-7-3-2-4-8-16/h2-4,7-8H,5-6,9-15H2,1H3,(H,20,22)(H,23,24)/t19-/m1/s1.